The zero-order chi connectivity index (χ0) is 20.1. The fourth-order valence-corrected chi connectivity index (χ4v) is 3.94. The second-order valence-corrected chi connectivity index (χ2v) is 19.6. The Morgan fingerprint density at radius 1 is 0.840 bits per heavy atom. The first-order valence-electron chi connectivity index (χ1n) is 9.17. The van der Waals surface area contributed by atoms with Gasteiger partial charge in [-0.1, -0.05) is 41.5 Å². The monoisotopic (exact) mass is 409 g/mol. The summed E-state index contributed by atoms with van der Waals surface area (Å²) < 4.78 is 12.4. The van der Waals surface area contributed by atoms with Crippen molar-refractivity contribution in [2.45, 2.75) is 77.8 Å². The highest BCUT2D eigenvalue weighted by molar-refractivity contribution is 6.74. The van der Waals surface area contributed by atoms with Crippen molar-refractivity contribution in [2.75, 3.05) is 32.2 Å². The van der Waals surface area contributed by atoms with Crippen LogP contribution in [0.1, 0.15) is 41.5 Å². The van der Waals surface area contributed by atoms with Crippen LogP contribution in [0.2, 0.25) is 36.3 Å². The van der Waals surface area contributed by atoms with Gasteiger partial charge >= 0.3 is 0 Å². The molecule has 0 aromatic rings. The van der Waals surface area contributed by atoms with Crippen molar-refractivity contribution >= 4 is 34.1 Å². The molecule has 25 heavy (non-hydrogen) atoms. The lowest BCUT2D eigenvalue weighted by molar-refractivity contribution is -0.129. The summed E-state index contributed by atoms with van der Waals surface area (Å²) in [4.78, 5) is 13.9. The van der Waals surface area contributed by atoms with Crippen LogP contribution in [0.5, 0.6) is 0 Å². The van der Waals surface area contributed by atoms with Gasteiger partial charge in [-0.2, -0.15) is 0 Å². The van der Waals surface area contributed by atoms with Crippen LogP contribution >= 0.6 is 11.6 Å². The van der Waals surface area contributed by atoms with Gasteiger partial charge < -0.3 is 13.8 Å². The standard InChI is InChI=1S/C18H40ClNO3Si2/c1-17(2,3)24(7,8)22-13-11-20(16(21)15-19)12-14-23-25(9,10)18(4,5)6/h11-15H2,1-10H3. The van der Waals surface area contributed by atoms with Crippen molar-refractivity contribution < 1.29 is 13.6 Å². The van der Waals surface area contributed by atoms with Crippen molar-refractivity contribution in [3.05, 3.63) is 0 Å². The third-order valence-electron chi connectivity index (χ3n) is 5.73. The minimum atomic E-state index is -1.80. The predicted molar refractivity (Wildman–Crippen MR) is 114 cm³/mol. The molecule has 0 unspecified atom stereocenters. The second kappa shape index (κ2) is 9.35. The number of rotatable bonds is 9. The number of alkyl halides is 1. The molecule has 0 atom stereocenters. The van der Waals surface area contributed by atoms with E-state index in [0.717, 1.165) is 0 Å². The van der Waals surface area contributed by atoms with E-state index in [1.807, 2.05) is 0 Å². The first-order chi connectivity index (χ1) is 11.0. The van der Waals surface area contributed by atoms with Crippen molar-refractivity contribution in [3.63, 3.8) is 0 Å². The second-order valence-electron chi connectivity index (χ2n) is 9.73. The maximum absolute atomic E-state index is 12.1. The van der Waals surface area contributed by atoms with Crippen molar-refractivity contribution in [1.29, 1.82) is 0 Å². The Bertz CT molecular complexity index is 397. The molecule has 0 aromatic heterocycles. The van der Waals surface area contributed by atoms with Gasteiger partial charge in [-0.05, 0) is 36.3 Å². The van der Waals surface area contributed by atoms with E-state index in [0.29, 0.717) is 26.3 Å². The van der Waals surface area contributed by atoms with Gasteiger partial charge in [0, 0.05) is 13.1 Å². The molecule has 0 heterocycles. The zero-order valence-corrected chi connectivity index (χ0v) is 20.8. The maximum atomic E-state index is 12.1. The van der Waals surface area contributed by atoms with E-state index in [1.54, 1.807) is 4.90 Å². The van der Waals surface area contributed by atoms with Crippen LogP contribution in [-0.2, 0) is 13.6 Å². The molecule has 0 fully saturated rings. The molecule has 0 rings (SSSR count). The van der Waals surface area contributed by atoms with Crippen LogP contribution in [-0.4, -0.2) is 59.6 Å². The van der Waals surface area contributed by atoms with E-state index in [9.17, 15) is 4.79 Å². The number of hydrogen-bond donors (Lipinski definition) is 0. The topological polar surface area (TPSA) is 38.8 Å². The van der Waals surface area contributed by atoms with Gasteiger partial charge in [0.2, 0.25) is 5.91 Å². The smallest absolute Gasteiger partial charge is 0.237 e. The Kier molecular flexibility index (Phi) is 9.40. The van der Waals surface area contributed by atoms with Gasteiger partial charge in [0.15, 0.2) is 16.6 Å². The lowest BCUT2D eigenvalue weighted by Crippen LogP contribution is -2.46. The fourth-order valence-electron chi connectivity index (χ4n) is 1.70. The van der Waals surface area contributed by atoms with Crippen LogP contribution in [0.4, 0.5) is 0 Å². The van der Waals surface area contributed by atoms with Gasteiger partial charge in [-0.3, -0.25) is 4.79 Å². The number of carbonyl (C=O) groups excluding carboxylic acids is 1. The Labute approximate surface area is 162 Å². The van der Waals surface area contributed by atoms with E-state index in [1.165, 1.54) is 0 Å². The first kappa shape index (κ1) is 25.1. The Morgan fingerprint density at radius 3 is 1.40 bits per heavy atom. The number of halogens is 1. The summed E-state index contributed by atoms with van der Waals surface area (Å²) in [6.45, 7) is 24.4. The molecule has 0 aliphatic carbocycles. The molecule has 0 bridgehead atoms. The molecule has 0 N–H and O–H groups in total. The number of amides is 1. The molecule has 7 heteroatoms. The van der Waals surface area contributed by atoms with Crippen LogP contribution < -0.4 is 0 Å². The number of carbonyl (C=O) groups is 1. The van der Waals surface area contributed by atoms with Gasteiger partial charge in [-0.15, -0.1) is 11.6 Å². The maximum Gasteiger partial charge on any atom is 0.237 e. The van der Waals surface area contributed by atoms with Crippen LogP contribution in [0.15, 0.2) is 0 Å². The minimum Gasteiger partial charge on any atom is -0.415 e. The molecule has 0 aliphatic rings. The van der Waals surface area contributed by atoms with E-state index >= 15 is 0 Å². The van der Waals surface area contributed by atoms with E-state index in [2.05, 4.69) is 67.7 Å². The van der Waals surface area contributed by atoms with E-state index < -0.39 is 16.6 Å². The van der Waals surface area contributed by atoms with Crippen LogP contribution in [0.3, 0.4) is 0 Å². The van der Waals surface area contributed by atoms with E-state index in [-0.39, 0.29) is 21.9 Å². The summed E-state index contributed by atoms with van der Waals surface area (Å²) in [5, 5.41) is 0.333. The molecule has 150 valence electrons. The van der Waals surface area contributed by atoms with E-state index in [4.69, 9.17) is 20.5 Å². The quantitative estimate of drug-likeness (QED) is 0.392. The Hall–Kier alpha value is 0.114. The van der Waals surface area contributed by atoms with Crippen molar-refractivity contribution in [1.82, 2.24) is 4.90 Å². The van der Waals surface area contributed by atoms with Crippen molar-refractivity contribution in [3.8, 4) is 0 Å². The van der Waals surface area contributed by atoms with Crippen LogP contribution in [0.25, 0.3) is 0 Å². The molecule has 0 radical (unpaired) electrons. The molecule has 0 aromatic carbocycles. The summed E-state index contributed by atoms with van der Waals surface area (Å²) in [7, 11) is -3.60. The largest absolute Gasteiger partial charge is 0.415 e. The highest BCUT2D eigenvalue weighted by atomic mass is 35.5. The summed E-state index contributed by atoms with van der Waals surface area (Å²) >= 11 is 5.77. The zero-order valence-electron chi connectivity index (χ0n) is 18.1. The molecule has 4 nitrogen and oxygen atoms in total. The average molecular weight is 410 g/mol. The molecular formula is C18H40ClNO3Si2. The molecule has 0 spiro atoms. The molecular weight excluding hydrogens is 370 g/mol. The molecule has 0 saturated heterocycles. The minimum absolute atomic E-state index is 0.000183. The fraction of sp³-hybridized carbons (Fsp3) is 0.944. The lowest BCUT2D eigenvalue weighted by atomic mass is 10.2. The highest BCUT2D eigenvalue weighted by Gasteiger charge is 2.38. The summed E-state index contributed by atoms with van der Waals surface area (Å²) in [6.07, 6.45) is 0. The molecule has 0 saturated carbocycles. The molecule has 0 aliphatic heterocycles. The number of nitrogens with zero attached hydrogens (tertiary/aromatic N) is 1. The predicted octanol–water partition coefficient (Wildman–Crippen LogP) is 5.10. The normalized spacial score (nSPS) is 13.9. The highest BCUT2D eigenvalue weighted by Crippen LogP contribution is 2.37. The molecule has 1 amide bonds. The lowest BCUT2D eigenvalue weighted by Gasteiger charge is -2.38. The summed E-state index contributed by atoms with van der Waals surface area (Å²) in [5.74, 6) is -0.0560. The van der Waals surface area contributed by atoms with Crippen LogP contribution in [0, 0.1) is 0 Å². The summed E-state index contributed by atoms with van der Waals surface area (Å²) in [6, 6.07) is 0. The van der Waals surface area contributed by atoms with Crippen molar-refractivity contribution in [2.24, 2.45) is 0 Å². The third-order valence-corrected chi connectivity index (χ3v) is 15.0. The Morgan fingerprint density at radius 2 is 1.16 bits per heavy atom. The van der Waals surface area contributed by atoms with Gasteiger partial charge in [0.05, 0.1) is 13.2 Å². The average Bonchev–Trinajstić information content (AvgIpc) is 2.42. The first-order valence-corrected chi connectivity index (χ1v) is 15.5. The third kappa shape index (κ3) is 8.12. The SMILES string of the molecule is CC(C)(C)[Si](C)(C)OCCN(CCO[Si](C)(C)C(C)(C)C)C(=O)CCl. The van der Waals surface area contributed by atoms with Gasteiger partial charge in [0.1, 0.15) is 5.88 Å². The number of hydrogen-bond acceptors (Lipinski definition) is 3. The van der Waals surface area contributed by atoms with Gasteiger partial charge in [0.25, 0.3) is 0 Å². The Balaban J connectivity index is 4.62. The summed E-state index contributed by atoms with van der Waals surface area (Å²) in [5.41, 5.74) is 0. The van der Waals surface area contributed by atoms with Gasteiger partial charge in [-0.25, -0.2) is 0 Å².